The molecule has 8 heteroatoms. The van der Waals surface area contributed by atoms with E-state index in [-0.39, 0.29) is 17.7 Å². The van der Waals surface area contributed by atoms with Crippen LogP contribution in [0.15, 0.2) is 34.9 Å². The van der Waals surface area contributed by atoms with Gasteiger partial charge in [0, 0.05) is 24.6 Å². The van der Waals surface area contributed by atoms with Gasteiger partial charge in [0.05, 0.1) is 34.1 Å². The van der Waals surface area contributed by atoms with E-state index in [0.29, 0.717) is 61.0 Å². The molecule has 156 valence electrons. The van der Waals surface area contributed by atoms with Gasteiger partial charge in [-0.3, -0.25) is 9.59 Å². The van der Waals surface area contributed by atoms with Gasteiger partial charge < -0.3 is 28.8 Å². The number of nitrogens with zero attached hydrogens (tertiary/aromatic N) is 1. The number of hydrogen-bond acceptors (Lipinski definition) is 6. The summed E-state index contributed by atoms with van der Waals surface area (Å²) in [6, 6.07) is 6.89. The van der Waals surface area contributed by atoms with Gasteiger partial charge in [-0.25, -0.2) is 0 Å². The van der Waals surface area contributed by atoms with Crippen LogP contribution in [0.1, 0.15) is 29.0 Å². The summed E-state index contributed by atoms with van der Waals surface area (Å²) in [6.45, 7) is 1.39. The van der Waals surface area contributed by atoms with Gasteiger partial charge in [-0.05, 0) is 37.1 Å². The van der Waals surface area contributed by atoms with Crippen LogP contribution >= 0.6 is 0 Å². The fourth-order valence-corrected chi connectivity index (χ4v) is 3.46. The van der Waals surface area contributed by atoms with Crippen LogP contribution < -0.4 is 19.5 Å². The number of carbonyl (C=O) groups is 2. The SMILES string of the molecule is COc1cc(C(=O)N2CCC(C(=O)NCc3ccco3)CC2)cc(OC)c1OC. The van der Waals surface area contributed by atoms with Crippen LogP contribution in [0.4, 0.5) is 0 Å². The maximum Gasteiger partial charge on any atom is 0.254 e. The fraction of sp³-hybridized carbons (Fsp3) is 0.429. The summed E-state index contributed by atoms with van der Waals surface area (Å²) in [4.78, 5) is 27.1. The van der Waals surface area contributed by atoms with Gasteiger partial charge in [-0.2, -0.15) is 0 Å². The van der Waals surface area contributed by atoms with Gasteiger partial charge in [0.1, 0.15) is 5.76 Å². The summed E-state index contributed by atoms with van der Waals surface area (Å²) >= 11 is 0. The Morgan fingerprint density at radius 1 is 1.10 bits per heavy atom. The van der Waals surface area contributed by atoms with Crippen molar-refractivity contribution in [3.05, 3.63) is 41.9 Å². The Kier molecular flexibility index (Phi) is 6.64. The predicted molar refractivity (Wildman–Crippen MR) is 105 cm³/mol. The molecular weight excluding hydrogens is 376 g/mol. The molecule has 2 heterocycles. The second-order valence-corrected chi connectivity index (χ2v) is 6.78. The molecule has 1 N–H and O–H groups in total. The number of benzene rings is 1. The lowest BCUT2D eigenvalue weighted by Crippen LogP contribution is -2.42. The Morgan fingerprint density at radius 2 is 1.76 bits per heavy atom. The third-order valence-electron chi connectivity index (χ3n) is 5.08. The van der Waals surface area contributed by atoms with E-state index in [0.717, 1.165) is 0 Å². The van der Waals surface area contributed by atoms with Crippen molar-refractivity contribution in [3.8, 4) is 17.2 Å². The molecule has 1 aromatic heterocycles. The molecule has 1 aromatic carbocycles. The Bertz CT molecular complexity index is 816. The number of ether oxygens (including phenoxy) is 3. The summed E-state index contributed by atoms with van der Waals surface area (Å²) in [5.74, 6) is 1.77. The van der Waals surface area contributed by atoms with E-state index in [2.05, 4.69) is 5.32 Å². The number of carbonyl (C=O) groups excluding carboxylic acids is 2. The molecule has 1 aliphatic heterocycles. The number of methoxy groups -OCH3 is 3. The van der Waals surface area contributed by atoms with Crippen molar-refractivity contribution in [2.75, 3.05) is 34.4 Å². The van der Waals surface area contributed by atoms with E-state index in [1.54, 1.807) is 29.4 Å². The second-order valence-electron chi connectivity index (χ2n) is 6.78. The van der Waals surface area contributed by atoms with Crippen molar-refractivity contribution < 1.29 is 28.2 Å². The number of rotatable bonds is 7. The van der Waals surface area contributed by atoms with Crippen molar-refractivity contribution in [2.45, 2.75) is 19.4 Å². The van der Waals surface area contributed by atoms with E-state index in [9.17, 15) is 9.59 Å². The lowest BCUT2D eigenvalue weighted by atomic mass is 9.95. The largest absolute Gasteiger partial charge is 0.493 e. The first-order valence-corrected chi connectivity index (χ1v) is 9.46. The summed E-state index contributed by atoms with van der Waals surface area (Å²) in [7, 11) is 4.54. The Hall–Kier alpha value is -3.16. The number of hydrogen-bond donors (Lipinski definition) is 1. The van der Waals surface area contributed by atoms with Crippen molar-refractivity contribution in [3.63, 3.8) is 0 Å². The highest BCUT2D eigenvalue weighted by Crippen LogP contribution is 2.38. The van der Waals surface area contributed by atoms with Gasteiger partial charge >= 0.3 is 0 Å². The van der Waals surface area contributed by atoms with Crippen molar-refractivity contribution in [1.82, 2.24) is 10.2 Å². The molecule has 1 aliphatic rings. The zero-order valence-corrected chi connectivity index (χ0v) is 16.9. The molecule has 0 radical (unpaired) electrons. The van der Waals surface area contributed by atoms with Gasteiger partial charge in [0.25, 0.3) is 5.91 Å². The molecule has 1 fully saturated rings. The van der Waals surface area contributed by atoms with Gasteiger partial charge in [-0.15, -0.1) is 0 Å². The van der Waals surface area contributed by atoms with Gasteiger partial charge in [0.2, 0.25) is 11.7 Å². The number of nitrogens with one attached hydrogen (secondary N) is 1. The summed E-state index contributed by atoms with van der Waals surface area (Å²) in [6.07, 6.45) is 2.80. The molecule has 0 spiro atoms. The van der Waals surface area contributed by atoms with Crippen LogP contribution in [0.3, 0.4) is 0 Å². The smallest absolute Gasteiger partial charge is 0.254 e. The highest BCUT2D eigenvalue weighted by Gasteiger charge is 2.29. The topological polar surface area (TPSA) is 90.2 Å². The molecule has 0 bridgehead atoms. The molecule has 0 aliphatic carbocycles. The number of likely N-dealkylation sites (tertiary alicyclic amines) is 1. The third-order valence-corrected chi connectivity index (χ3v) is 5.08. The fourth-order valence-electron chi connectivity index (χ4n) is 3.46. The van der Waals surface area contributed by atoms with Crippen molar-refractivity contribution in [1.29, 1.82) is 0 Å². The first kappa shape index (κ1) is 20.6. The van der Waals surface area contributed by atoms with Crippen LogP contribution in [0.25, 0.3) is 0 Å². The standard InChI is InChI=1S/C21H26N2O6/c1-26-17-11-15(12-18(27-2)19(17)28-3)21(25)23-8-6-14(7-9-23)20(24)22-13-16-5-4-10-29-16/h4-5,10-12,14H,6-9,13H2,1-3H3,(H,22,24). The van der Waals surface area contributed by atoms with Crippen LogP contribution in [0, 0.1) is 5.92 Å². The average molecular weight is 402 g/mol. The molecule has 3 rings (SSSR count). The molecule has 8 nitrogen and oxygen atoms in total. The molecule has 29 heavy (non-hydrogen) atoms. The Balaban J connectivity index is 1.60. The van der Waals surface area contributed by atoms with Crippen LogP contribution in [0.2, 0.25) is 0 Å². The molecule has 0 saturated carbocycles. The number of furan rings is 1. The molecule has 1 saturated heterocycles. The normalized spacial score (nSPS) is 14.4. The third kappa shape index (κ3) is 4.64. The monoisotopic (exact) mass is 402 g/mol. The zero-order valence-electron chi connectivity index (χ0n) is 16.9. The van der Waals surface area contributed by atoms with Gasteiger partial charge in [0.15, 0.2) is 11.5 Å². The minimum atomic E-state index is -0.126. The number of piperidine rings is 1. The van der Waals surface area contributed by atoms with Crippen molar-refractivity contribution >= 4 is 11.8 Å². The Morgan fingerprint density at radius 3 is 2.28 bits per heavy atom. The predicted octanol–water partition coefficient (Wildman–Crippen LogP) is 2.47. The van der Waals surface area contributed by atoms with Crippen LogP contribution in [-0.4, -0.2) is 51.1 Å². The quantitative estimate of drug-likeness (QED) is 0.765. The first-order valence-electron chi connectivity index (χ1n) is 9.46. The summed E-state index contributed by atoms with van der Waals surface area (Å²) in [5.41, 5.74) is 0.459. The maximum absolute atomic E-state index is 13.0. The van der Waals surface area contributed by atoms with Crippen LogP contribution in [0.5, 0.6) is 17.2 Å². The Labute approximate surface area is 169 Å². The van der Waals surface area contributed by atoms with E-state index in [1.807, 2.05) is 6.07 Å². The summed E-state index contributed by atoms with van der Waals surface area (Å²) in [5, 5.41) is 2.89. The van der Waals surface area contributed by atoms with Crippen molar-refractivity contribution in [2.24, 2.45) is 5.92 Å². The van der Waals surface area contributed by atoms with Crippen LogP contribution in [-0.2, 0) is 11.3 Å². The molecule has 0 atom stereocenters. The average Bonchev–Trinajstić information content (AvgIpc) is 3.29. The zero-order chi connectivity index (χ0) is 20.8. The second kappa shape index (κ2) is 9.36. The molecule has 2 aromatic rings. The minimum absolute atomic E-state index is 0.0127. The lowest BCUT2D eigenvalue weighted by Gasteiger charge is -2.31. The van der Waals surface area contributed by atoms with Gasteiger partial charge in [-0.1, -0.05) is 0 Å². The highest BCUT2D eigenvalue weighted by molar-refractivity contribution is 5.96. The maximum atomic E-state index is 13.0. The highest BCUT2D eigenvalue weighted by atomic mass is 16.5. The minimum Gasteiger partial charge on any atom is -0.493 e. The molecular formula is C21H26N2O6. The summed E-state index contributed by atoms with van der Waals surface area (Å²) < 4.78 is 21.2. The van der Waals surface area contributed by atoms with E-state index < -0.39 is 0 Å². The molecule has 2 amide bonds. The molecule has 0 unspecified atom stereocenters. The number of amides is 2. The van der Waals surface area contributed by atoms with E-state index in [4.69, 9.17) is 18.6 Å². The first-order chi connectivity index (χ1) is 14.1. The lowest BCUT2D eigenvalue weighted by molar-refractivity contribution is -0.126. The van der Waals surface area contributed by atoms with E-state index in [1.165, 1.54) is 21.3 Å². The van der Waals surface area contributed by atoms with E-state index >= 15 is 0 Å².